The molecule has 0 spiro atoms. The zero-order valence-corrected chi connectivity index (χ0v) is 14.8. The number of nitrogens with one attached hydrogen (secondary N) is 3. The third-order valence-electron chi connectivity index (χ3n) is 4.61. The number of carbonyl (C=O) groups is 1. The fourth-order valence-corrected chi connectivity index (χ4v) is 3.25. The Hall–Kier alpha value is -2.77. The van der Waals surface area contributed by atoms with Gasteiger partial charge in [-0.05, 0) is 31.9 Å². The Balaban J connectivity index is 1.44. The van der Waals surface area contributed by atoms with Crippen LogP contribution in [0, 0.1) is 0 Å². The van der Waals surface area contributed by atoms with Crippen molar-refractivity contribution in [3.05, 3.63) is 54.4 Å². The van der Waals surface area contributed by atoms with E-state index in [1.165, 1.54) is 5.56 Å². The molecule has 7 nitrogen and oxygen atoms in total. The lowest BCUT2D eigenvalue weighted by molar-refractivity contribution is -0.117. The summed E-state index contributed by atoms with van der Waals surface area (Å²) < 4.78 is 1.87. The number of aromatic nitrogens is 3. The van der Waals surface area contributed by atoms with Gasteiger partial charge >= 0.3 is 0 Å². The molecule has 134 valence electrons. The number of anilines is 1. The van der Waals surface area contributed by atoms with Crippen LogP contribution in [0.2, 0.25) is 0 Å². The Kier molecular flexibility index (Phi) is 4.40. The molecule has 3 aromatic rings. The van der Waals surface area contributed by atoms with Gasteiger partial charge in [0.25, 0.3) is 0 Å². The van der Waals surface area contributed by atoms with Gasteiger partial charge in [-0.15, -0.1) is 0 Å². The van der Waals surface area contributed by atoms with Crippen LogP contribution in [-0.4, -0.2) is 26.7 Å². The summed E-state index contributed by atoms with van der Waals surface area (Å²) in [6, 6.07) is 12.1. The smallest absolute Gasteiger partial charge is 0.242 e. The quantitative estimate of drug-likeness (QED) is 0.673. The van der Waals surface area contributed by atoms with Crippen LogP contribution in [0.4, 0.5) is 5.69 Å². The van der Waals surface area contributed by atoms with Crippen molar-refractivity contribution in [2.75, 3.05) is 5.32 Å². The lowest BCUT2D eigenvalue weighted by Crippen LogP contribution is -2.39. The number of hydrazine groups is 1. The third-order valence-corrected chi connectivity index (χ3v) is 4.61. The van der Waals surface area contributed by atoms with E-state index in [1.807, 2.05) is 28.9 Å². The van der Waals surface area contributed by atoms with Crippen molar-refractivity contribution in [2.24, 2.45) is 0 Å². The number of pyridine rings is 1. The van der Waals surface area contributed by atoms with E-state index in [9.17, 15) is 4.79 Å². The van der Waals surface area contributed by atoms with Gasteiger partial charge in [-0.1, -0.05) is 30.3 Å². The lowest BCUT2D eigenvalue weighted by Gasteiger charge is -2.11. The normalized spacial score (nSPS) is 20.0. The predicted molar refractivity (Wildman–Crippen MR) is 100 cm³/mol. The van der Waals surface area contributed by atoms with Crippen LogP contribution in [0.3, 0.4) is 0 Å². The van der Waals surface area contributed by atoms with Crippen molar-refractivity contribution in [1.29, 1.82) is 0 Å². The van der Waals surface area contributed by atoms with Crippen LogP contribution in [0.25, 0.3) is 11.0 Å². The highest BCUT2D eigenvalue weighted by molar-refractivity contribution is 5.96. The topological polar surface area (TPSA) is 83.9 Å². The van der Waals surface area contributed by atoms with Gasteiger partial charge in [0, 0.05) is 17.5 Å². The molecule has 3 N–H and O–H groups in total. The molecule has 2 aromatic heterocycles. The SMILES string of the molecule is CC(C)n1ncc2cc(NC(=O)C3CC(c4ccccc4)NN3)cnc21. The monoisotopic (exact) mass is 350 g/mol. The summed E-state index contributed by atoms with van der Waals surface area (Å²) in [4.78, 5) is 17.0. The lowest BCUT2D eigenvalue weighted by atomic mass is 10.0. The Morgan fingerprint density at radius 3 is 2.81 bits per heavy atom. The molecule has 1 aliphatic heterocycles. The van der Waals surface area contributed by atoms with Crippen LogP contribution in [-0.2, 0) is 4.79 Å². The van der Waals surface area contributed by atoms with Crippen molar-refractivity contribution >= 4 is 22.6 Å². The van der Waals surface area contributed by atoms with E-state index < -0.39 is 0 Å². The average molecular weight is 350 g/mol. The van der Waals surface area contributed by atoms with Crippen LogP contribution in [0.5, 0.6) is 0 Å². The molecule has 7 heteroatoms. The maximum Gasteiger partial charge on any atom is 0.242 e. The number of fused-ring (bicyclic) bond motifs is 1. The Morgan fingerprint density at radius 1 is 1.23 bits per heavy atom. The number of carbonyl (C=O) groups excluding carboxylic acids is 1. The van der Waals surface area contributed by atoms with E-state index >= 15 is 0 Å². The molecule has 1 fully saturated rings. The van der Waals surface area contributed by atoms with E-state index in [-0.39, 0.29) is 24.0 Å². The van der Waals surface area contributed by atoms with Crippen LogP contribution < -0.4 is 16.2 Å². The Bertz CT molecular complexity index is 920. The molecule has 0 saturated carbocycles. The minimum absolute atomic E-state index is 0.0756. The van der Waals surface area contributed by atoms with E-state index in [0.29, 0.717) is 12.1 Å². The molecular formula is C19H22N6O. The first-order chi connectivity index (χ1) is 12.6. The molecule has 0 radical (unpaired) electrons. The van der Waals surface area contributed by atoms with E-state index in [2.05, 4.69) is 52.2 Å². The summed E-state index contributed by atoms with van der Waals surface area (Å²) in [5, 5.41) is 8.21. The molecule has 2 unspecified atom stereocenters. The first-order valence-electron chi connectivity index (χ1n) is 8.82. The summed E-state index contributed by atoms with van der Waals surface area (Å²) in [5.74, 6) is -0.0756. The van der Waals surface area contributed by atoms with Crippen molar-refractivity contribution < 1.29 is 4.79 Å². The highest BCUT2D eigenvalue weighted by Crippen LogP contribution is 2.23. The van der Waals surface area contributed by atoms with Gasteiger partial charge in [-0.2, -0.15) is 5.10 Å². The van der Waals surface area contributed by atoms with Gasteiger partial charge in [-0.25, -0.2) is 20.5 Å². The number of amides is 1. The Labute approximate surface area is 151 Å². The van der Waals surface area contributed by atoms with Gasteiger partial charge in [0.15, 0.2) is 5.65 Å². The number of nitrogens with zero attached hydrogens (tertiary/aromatic N) is 3. The van der Waals surface area contributed by atoms with Gasteiger partial charge in [0.1, 0.15) is 6.04 Å². The molecule has 4 rings (SSSR count). The maximum atomic E-state index is 12.6. The van der Waals surface area contributed by atoms with Gasteiger partial charge in [-0.3, -0.25) is 4.79 Å². The van der Waals surface area contributed by atoms with Gasteiger partial charge in [0.05, 0.1) is 18.1 Å². The molecule has 26 heavy (non-hydrogen) atoms. The van der Waals surface area contributed by atoms with Crippen LogP contribution >= 0.6 is 0 Å². The summed E-state index contributed by atoms with van der Waals surface area (Å²) in [6.45, 7) is 4.12. The Morgan fingerprint density at radius 2 is 2.04 bits per heavy atom. The number of hydrogen-bond donors (Lipinski definition) is 3. The minimum atomic E-state index is -0.297. The zero-order valence-electron chi connectivity index (χ0n) is 14.8. The molecule has 0 bridgehead atoms. The van der Waals surface area contributed by atoms with E-state index in [4.69, 9.17) is 0 Å². The highest BCUT2D eigenvalue weighted by atomic mass is 16.2. The number of benzene rings is 1. The minimum Gasteiger partial charge on any atom is -0.323 e. The molecule has 1 amide bonds. The summed E-state index contributed by atoms with van der Waals surface area (Å²) in [6.07, 6.45) is 4.15. The second-order valence-electron chi connectivity index (χ2n) is 6.85. The summed E-state index contributed by atoms with van der Waals surface area (Å²) >= 11 is 0. The molecule has 1 saturated heterocycles. The molecule has 1 aliphatic rings. The highest BCUT2D eigenvalue weighted by Gasteiger charge is 2.30. The maximum absolute atomic E-state index is 12.6. The molecule has 0 aliphatic carbocycles. The second-order valence-corrected chi connectivity index (χ2v) is 6.85. The van der Waals surface area contributed by atoms with Crippen molar-refractivity contribution in [3.8, 4) is 0 Å². The largest absolute Gasteiger partial charge is 0.323 e. The number of rotatable bonds is 4. The molecule has 2 atom stereocenters. The zero-order chi connectivity index (χ0) is 18.1. The van der Waals surface area contributed by atoms with Gasteiger partial charge < -0.3 is 5.32 Å². The van der Waals surface area contributed by atoms with E-state index in [1.54, 1.807) is 12.4 Å². The summed E-state index contributed by atoms with van der Waals surface area (Å²) in [5.41, 5.74) is 8.94. The third kappa shape index (κ3) is 3.18. The van der Waals surface area contributed by atoms with Crippen molar-refractivity contribution in [3.63, 3.8) is 0 Å². The van der Waals surface area contributed by atoms with Crippen LogP contribution in [0.15, 0.2) is 48.8 Å². The van der Waals surface area contributed by atoms with E-state index in [0.717, 1.165) is 11.0 Å². The van der Waals surface area contributed by atoms with Crippen LogP contribution in [0.1, 0.15) is 37.9 Å². The fourth-order valence-electron chi connectivity index (χ4n) is 3.25. The molecule has 1 aromatic carbocycles. The first-order valence-corrected chi connectivity index (χ1v) is 8.82. The summed E-state index contributed by atoms with van der Waals surface area (Å²) in [7, 11) is 0. The number of hydrogen-bond acceptors (Lipinski definition) is 5. The second kappa shape index (κ2) is 6.86. The molecule has 3 heterocycles. The first kappa shape index (κ1) is 16.7. The van der Waals surface area contributed by atoms with Gasteiger partial charge in [0.2, 0.25) is 5.91 Å². The average Bonchev–Trinajstić information content (AvgIpc) is 3.29. The predicted octanol–water partition coefficient (Wildman–Crippen LogP) is 2.56. The van der Waals surface area contributed by atoms with Crippen molar-refractivity contribution in [1.82, 2.24) is 25.6 Å². The van der Waals surface area contributed by atoms with Crippen molar-refractivity contribution in [2.45, 2.75) is 38.4 Å². The fraction of sp³-hybridized carbons (Fsp3) is 0.316. The molecular weight excluding hydrogens is 328 g/mol. The standard InChI is InChI=1S/C19H22N6O/c1-12(2)25-18-14(10-21-25)8-15(11-20-18)22-19(26)17-9-16(23-24-17)13-6-4-3-5-7-13/h3-8,10-12,16-17,23-24H,9H2,1-2H3,(H,22,26).